The maximum atomic E-state index is 12.3. The monoisotopic (exact) mass is 367 g/mol. The van der Waals surface area contributed by atoms with Crippen LogP contribution in [0.2, 0.25) is 0 Å². The third kappa shape index (κ3) is 3.22. The van der Waals surface area contributed by atoms with Crippen molar-refractivity contribution in [3.63, 3.8) is 0 Å². The lowest BCUT2D eigenvalue weighted by Crippen LogP contribution is -2.41. The Bertz CT molecular complexity index is 658. The molecule has 1 aromatic heterocycles. The first-order valence-corrected chi connectivity index (χ1v) is 8.19. The molecule has 0 aliphatic carbocycles. The standard InChI is InChI=1S/C15H14BrNO3S/c1-17(15(18)10-6-14(16)21-9-10)7-11-8-19-12-4-2-3-5-13(12)20-11/h2-6,9,11H,7-8H2,1H3. The highest BCUT2D eigenvalue weighted by atomic mass is 79.9. The molecule has 1 atom stereocenters. The molecule has 0 fully saturated rings. The summed E-state index contributed by atoms with van der Waals surface area (Å²) in [7, 11) is 1.78. The molecule has 0 saturated heterocycles. The number of carbonyl (C=O) groups excluding carboxylic acids is 1. The van der Waals surface area contributed by atoms with Crippen molar-refractivity contribution in [1.82, 2.24) is 4.90 Å². The van der Waals surface area contributed by atoms with Gasteiger partial charge in [0, 0.05) is 12.4 Å². The summed E-state index contributed by atoms with van der Waals surface area (Å²) in [4.78, 5) is 14.0. The van der Waals surface area contributed by atoms with Gasteiger partial charge in [-0.1, -0.05) is 12.1 Å². The van der Waals surface area contributed by atoms with Crippen molar-refractivity contribution in [3.05, 3.63) is 45.1 Å². The number of ether oxygens (including phenoxy) is 2. The average Bonchev–Trinajstić information content (AvgIpc) is 2.93. The predicted molar refractivity (Wildman–Crippen MR) is 85.3 cm³/mol. The molecule has 1 aromatic carbocycles. The van der Waals surface area contributed by atoms with Crippen molar-refractivity contribution in [2.45, 2.75) is 6.10 Å². The minimum Gasteiger partial charge on any atom is -0.486 e. The third-order valence-corrected chi connectivity index (χ3v) is 4.71. The van der Waals surface area contributed by atoms with Gasteiger partial charge in [-0.25, -0.2) is 0 Å². The van der Waals surface area contributed by atoms with Crippen LogP contribution in [-0.2, 0) is 0 Å². The van der Waals surface area contributed by atoms with Gasteiger partial charge in [-0.2, -0.15) is 0 Å². The molecule has 1 aliphatic rings. The van der Waals surface area contributed by atoms with Crippen molar-refractivity contribution in [2.75, 3.05) is 20.2 Å². The van der Waals surface area contributed by atoms with Crippen molar-refractivity contribution >= 4 is 33.2 Å². The molecule has 2 aromatic rings. The molecule has 2 heterocycles. The summed E-state index contributed by atoms with van der Waals surface area (Å²) in [6.45, 7) is 0.933. The summed E-state index contributed by atoms with van der Waals surface area (Å²) in [5.41, 5.74) is 0.687. The van der Waals surface area contributed by atoms with Crippen molar-refractivity contribution in [2.24, 2.45) is 0 Å². The summed E-state index contributed by atoms with van der Waals surface area (Å²) < 4.78 is 12.5. The minimum atomic E-state index is -0.157. The van der Waals surface area contributed by atoms with Crippen LogP contribution in [-0.4, -0.2) is 37.1 Å². The number of nitrogens with zero attached hydrogens (tertiary/aromatic N) is 1. The fourth-order valence-corrected chi connectivity index (χ4v) is 3.31. The van der Waals surface area contributed by atoms with E-state index in [9.17, 15) is 4.79 Å². The Balaban J connectivity index is 1.63. The molecule has 0 saturated carbocycles. The number of para-hydroxylation sites is 2. The first-order valence-electron chi connectivity index (χ1n) is 6.51. The lowest BCUT2D eigenvalue weighted by molar-refractivity contribution is 0.0521. The van der Waals surface area contributed by atoms with Gasteiger partial charge in [-0.05, 0) is 34.1 Å². The van der Waals surface area contributed by atoms with Crippen LogP contribution in [0, 0.1) is 0 Å². The molecular weight excluding hydrogens is 354 g/mol. The van der Waals surface area contributed by atoms with Gasteiger partial charge in [-0.15, -0.1) is 11.3 Å². The van der Waals surface area contributed by atoms with Crippen molar-refractivity contribution in [1.29, 1.82) is 0 Å². The third-order valence-electron chi connectivity index (χ3n) is 3.21. The van der Waals surface area contributed by atoms with E-state index in [1.807, 2.05) is 35.7 Å². The number of thiophene rings is 1. The van der Waals surface area contributed by atoms with E-state index in [4.69, 9.17) is 9.47 Å². The smallest absolute Gasteiger partial charge is 0.254 e. The van der Waals surface area contributed by atoms with Crippen LogP contribution >= 0.6 is 27.3 Å². The topological polar surface area (TPSA) is 38.8 Å². The largest absolute Gasteiger partial charge is 0.486 e. The van der Waals surface area contributed by atoms with Crippen molar-refractivity contribution in [3.8, 4) is 11.5 Å². The van der Waals surface area contributed by atoms with E-state index in [0.717, 1.165) is 15.3 Å². The van der Waals surface area contributed by atoms with E-state index < -0.39 is 0 Å². The molecule has 1 amide bonds. The van der Waals surface area contributed by atoms with Crippen molar-refractivity contribution < 1.29 is 14.3 Å². The second-order valence-corrected chi connectivity index (χ2v) is 7.11. The van der Waals surface area contributed by atoms with Crippen LogP contribution in [0.25, 0.3) is 0 Å². The summed E-state index contributed by atoms with van der Waals surface area (Å²) in [5, 5.41) is 1.84. The molecule has 0 N–H and O–H groups in total. The zero-order chi connectivity index (χ0) is 14.8. The van der Waals surface area contributed by atoms with Gasteiger partial charge in [0.2, 0.25) is 0 Å². The number of amides is 1. The first kappa shape index (κ1) is 14.4. The highest BCUT2D eigenvalue weighted by Crippen LogP contribution is 2.31. The molecule has 4 nitrogen and oxygen atoms in total. The van der Waals surface area contributed by atoms with E-state index >= 15 is 0 Å². The first-order chi connectivity index (χ1) is 10.1. The fourth-order valence-electron chi connectivity index (χ4n) is 2.18. The van der Waals surface area contributed by atoms with E-state index in [1.54, 1.807) is 11.9 Å². The van der Waals surface area contributed by atoms with Gasteiger partial charge in [0.05, 0.1) is 15.9 Å². The van der Waals surface area contributed by atoms with E-state index in [1.165, 1.54) is 11.3 Å². The number of halogens is 1. The van der Waals surface area contributed by atoms with Gasteiger partial charge in [0.25, 0.3) is 5.91 Å². The lowest BCUT2D eigenvalue weighted by Gasteiger charge is -2.29. The molecule has 3 rings (SSSR count). The fraction of sp³-hybridized carbons (Fsp3) is 0.267. The molecule has 1 unspecified atom stereocenters. The maximum absolute atomic E-state index is 12.3. The highest BCUT2D eigenvalue weighted by molar-refractivity contribution is 9.11. The van der Waals surface area contributed by atoms with Gasteiger partial charge < -0.3 is 14.4 Å². The Hall–Kier alpha value is -1.53. The molecule has 1 aliphatic heterocycles. The predicted octanol–water partition coefficient (Wildman–Crippen LogP) is 3.42. The minimum absolute atomic E-state index is 0.0144. The number of hydrogen-bond donors (Lipinski definition) is 0. The molecule has 0 radical (unpaired) electrons. The Labute approximate surface area is 135 Å². The Morgan fingerprint density at radius 3 is 2.90 bits per heavy atom. The van der Waals surface area contributed by atoms with E-state index in [-0.39, 0.29) is 12.0 Å². The average molecular weight is 368 g/mol. The summed E-state index contributed by atoms with van der Waals surface area (Å²) in [5.74, 6) is 1.47. The van der Waals surface area contributed by atoms with Crippen LogP contribution in [0.15, 0.2) is 39.5 Å². The number of likely N-dealkylation sites (N-methyl/N-ethyl adjacent to an activating group) is 1. The zero-order valence-corrected chi connectivity index (χ0v) is 13.8. The Morgan fingerprint density at radius 1 is 1.43 bits per heavy atom. The second kappa shape index (κ2) is 6.07. The van der Waals surface area contributed by atoms with Gasteiger partial charge in [0.1, 0.15) is 6.61 Å². The van der Waals surface area contributed by atoms with E-state index in [0.29, 0.717) is 18.7 Å². The summed E-state index contributed by atoms with van der Waals surface area (Å²) >= 11 is 4.87. The normalized spacial score (nSPS) is 16.6. The lowest BCUT2D eigenvalue weighted by atomic mass is 10.2. The van der Waals surface area contributed by atoms with Crippen LogP contribution in [0.3, 0.4) is 0 Å². The number of hydrogen-bond acceptors (Lipinski definition) is 4. The van der Waals surface area contributed by atoms with Crippen LogP contribution in [0.4, 0.5) is 0 Å². The van der Waals surface area contributed by atoms with E-state index in [2.05, 4.69) is 15.9 Å². The van der Waals surface area contributed by atoms with Crippen LogP contribution in [0.5, 0.6) is 11.5 Å². The Morgan fingerprint density at radius 2 is 2.19 bits per heavy atom. The second-order valence-electron chi connectivity index (χ2n) is 4.82. The number of benzene rings is 1. The maximum Gasteiger partial charge on any atom is 0.254 e. The van der Waals surface area contributed by atoms with Gasteiger partial charge in [-0.3, -0.25) is 4.79 Å². The molecule has 110 valence electrons. The summed E-state index contributed by atoms with van der Waals surface area (Å²) in [6.07, 6.45) is -0.157. The summed E-state index contributed by atoms with van der Waals surface area (Å²) in [6, 6.07) is 9.40. The zero-order valence-electron chi connectivity index (χ0n) is 11.4. The Kier molecular flexibility index (Phi) is 4.17. The van der Waals surface area contributed by atoms with Gasteiger partial charge in [0.15, 0.2) is 17.6 Å². The van der Waals surface area contributed by atoms with Gasteiger partial charge >= 0.3 is 0 Å². The number of fused-ring (bicyclic) bond motifs is 1. The number of carbonyl (C=O) groups is 1. The molecule has 21 heavy (non-hydrogen) atoms. The number of rotatable bonds is 3. The molecule has 0 spiro atoms. The highest BCUT2D eigenvalue weighted by Gasteiger charge is 2.24. The SMILES string of the molecule is CN(CC1COc2ccccc2O1)C(=O)c1csc(Br)c1. The molecule has 0 bridgehead atoms. The quantitative estimate of drug-likeness (QED) is 0.834. The molecule has 6 heteroatoms. The molecular formula is C15H14BrNO3S. The van der Waals surface area contributed by atoms with Crippen LogP contribution < -0.4 is 9.47 Å². The van der Waals surface area contributed by atoms with Crippen LogP contribution in [0.1, 0.15) is 10.4 Å².